The van der Waals surface area contributed by atoms with E-state index >= 15 is 0 Å². The molecule has 1 atom stereocenters. The van der Waals surface area contributed by atoms with Gasteiger partial charge < -0.3 is 23.8 Å². The van der Waals surface area contributed by atoms with Crippen molar-refractivity contribution in [3.8, 4) is 17.2 Å². The molecule has 1 saturated heterocycles. The van der Waals surface area contributed by atoms with Crippen molar-refractivity contribution >= 4 is 15.2 Å². The highest BCUT2D eigenvalue weighted by Gasteiger charge is 2.44. The van der Waals surface area contributed by atoms with Gasteiger partial charge in [0.2, 0.25) is 0 Å². The van der Waals surface area contributed by atoms with E-state index in [4.69, 9.17) is 18.1 Å². The van der Waals surface area contributed by atoms with Gasteiger partial charge in [0.15, 0.2) is 0 Å². The van der Waals surface area contributed by atoms with Crippen LogP contribution >= 0.6 is 15.2 Å². The van der Waals surface area contributed by atoms with Crippen molar-refractivity contribution in [2.24, 2.45) is 5.41 Å². The van der Waals surface area contributed by atoms with Crippen molar-refractivity contribution in [1.82, 2.24) is 0 Å². The molecule has 1 fully saturated rings. The number of phenols is 2. The lowest BCUT2D eigenvalue weighted by atomic mass is 9.78. The normalized spacial score (nSPS) is 21.5. The summed E-state index contributed by atoms with van der Waals surface area (Å²) in [6.45, 7) is 26.6. The number of aromatic hydroxyl groups is 2. The van der Waals surface area contributed by atoms with E-state index in [0.29, 0.717) is 12.2 Å². The molecule has 0 aliphatic carbocycles. The van der Waals surface area contributed by atoms with Crippen molar-refractivity contribution < 1.29 is 37.4 Å². The Morgan fingerprint density at radius 1 is 0.712 bits per heavy atom. The summed E-state index contributed by atoms with van der Waals surface area (Å²) < 4.78 is 53.7. The Hall–Kier alpha value is -2.60. The van der Waals surface area contributed by atoms with Crippen LogP contribution in [0.2, 0.25) is 0 Å². The molecule has 4 rings (SSSR count). The SMILES string of the molecule is CCC1(COP(=O)(Cc2cc(C(C)(C)C)c(O)c(C(C)(C)C)c2)Oc2ccccc2)COP(=O)(Cc2cc(C(C)(C)C)c(O)c(C(C)(C)C)c2)OC1. The monoisotopic (exact) mass is 756 g/mol. The largest absolute Gasteiger partial charge is 0.507 e. The number of hydrogen-bond donors (Lipinski definition) is 2. The minimum absolute atomic E-state index is 0.00843. The molecule has 0 bridgehead atoms. The van der Waals surface area contributed by atoms with Crippen LogP contribution in [0.4, 0.5) is 0 Å². The first-order valence-electron chi connectivity index (χ1n) is 18.3. The first kappa shape index (κ1) is 42.1. The third-order valence-corrected chi connectivity index (χ3v) is 13.3. The summed E-state index contributed by atoms with van der Waals surface area (Å²) >= 11 is 0. The van der Waals surface area contributed by atoms with Crippen molar-refractivity contribution in [1.29, 1.82) is 0 Å². The van der Waals surface area contributed by atoms with Gasteiger partial charge in [-0.05, 0) is 73.6 Å². The third kappa shape index (κ3) is 10.1. The van der Waals surface area contributed by atoms with Gasteiger partial charge in [-0.15, -0.1) is 0 Å². The molecule has 1 unspecified atom stereocenters. The zero-order chi connectivity index (χ0) is 39.1. The van der Waals surface area contributed by atoms with E-state index in [1.807, 2.05) is 132 Å². The first-order valence-corrected chi connectivity index (χ1v) is 21.7. The molecule has 52 heavy (non-hydrogen) atoms. The van der Waals surface area contributed by atoms with Gasteiger partial charge in [0.25, 0.3) is 0 Å². The van der Waals surface area contributed by atoms with Gasteiger partial charge in [-0.2, -0.15) is 0 Å². The van der Waals surface area contributed by atoms with Gasteiger partial charge in [0, 0.05) is 5.41 Å². The lowest BCUT2D eigenvalue weighted by molar-refractivity contribution is -0.0180. The minimum atomic E-state index is -3.87. The van der Waals surface area contributed by atoms with Crippen LogP contribution in [0.1, 0.15) is 130 Å². The molecule has 10 heteroatoms. The predicted octanol–water partition coefficient (Wildman–Crippen LogP) is 11.9. The number of hydrogen-bond acceptors (Lipinski definition) is 8. The van der Waals surface area contributed by atoms with E-state index in [1.54, 1.807) is 12.1 Å². The van der Waals surface area contributed by atoms with Gasteiger partial charge in [-0.1, -0.05) is 132 Å². The summed E-state index contributed by atoms with van der Waals surface area (Å²) in [4.78, 5) is 0. The molecule has 1 aliphatic rings. The van der Waals surface area contributed by atoms with E-state index in [1.165, 1.54) is 0 Å². The quantitative estimate of drug-likeness (QED) is 0.197. The Morgan fingerprint density at radius 2 is 1.12 bits per heavy atom. The Morgan fingerprint density at radius 3 is 1.50 bits per heavy atom. The van der Waals surface area contributed by atoms with Crippen molar-refractivity contribution in [3.63, 3.8) is 0 Å². The number of rotatable bonds is 10. The summed E-state index contributed by atoms with van der Waals surface area (Å²) in [5, 5.41) is 22.5. The molecule has 1 aliphatic heterocycles. The molecule has 0 saturated carbocycles. The van der Waals surface area contributed by atoms with Crippen LogP contribution in [-0.4, -0.2) is 30.0 Å². The second-order valence-electron chi connectivity index (χ2n) is 18.7. The van der Waals surface area contributed by atoms with Crippen LogP contribution in [0.25, 0.3) is 0 Å². The van der Waals surface area contributed by atoms with Gasteiger partial charge >= 0.3 is 15.2 Å². The molecule has 0 radical (unpaired) electrons. The van der Waals surface area contributed by atoms with Crippen LogP contribution < -0.4 is 4.52 Å². The molecule has 288 valence electrons. The van der Waals surface area contributed by atoms with E-state index in [0.717, 1.165) is 33.4 Å². The highest BCUT2D eigenvalue weighted by molar-refractivity contribution is 7.53. The van der Waals surface area contributed by atoms with Crippen molar-refractivity contribution in [3.05, 3.63) is 88.0 Å². The van der Waals surface area contributed by atoms with E-state index in [-0.39, 0.29) is 65.3 Å². The van der Waals surface area contributed by atoms with Crippen LogP contribution in [0.15, 0.2) is 54.6 Å². The fourth-order valence-corrected chi connectivity index (χ4v) is 9.90. The summed E-state index contributed by atoms with van der Waals surface area (Å²) in [6, 6.07) is 16.6. The summed E-state index contributed by atoms with van der Waals surface area (Å²) in [5.41, 5.74) is 2.44. The second-order valence-corrected chi connectivity index (χ2v) is 22.7. The van der Waals surface area contributed by atoms with Gasteiger partial charge in [-0.25, -0.2) is 4.57 Å². The van der Waals surface area contributed by atoms with Crippen LogP contribution in [0.5, 0.6) is 17.2 Å². The average molecular weight is 757 g/mol. The Kier molecular flexibility index (Phi) is 12.1. The maximum absolute atomic E-state index is 14.8. The molecule has 0 spiro atoms. The lowest BCUT2D eigenvalue weighted by Crippen LogP contribution is -2.39. The molecule has 3 aromatic rings. The fourth-order valence-electron chi connectivity index (χ4n) is 6.32. The fraction of sp³-hybridized carbons (Fsp3) is 0.571. The zero-order valence-corrected chi connectivity index (χ0v) is 35.5. The predicted molar refractivity (Wildman–Crippen MR) is 211 cm³/mol. The molecular formula is C42H62O8P2. The minimum Gasteiger partial charge on any atom is -0.507 e. The highest BCUT2D eigenvalue weighted by Crippen LogP contribution is 2.59. The Bertz CT molecular complexity index is 1740. The average Bonchev–Trinajstić information content (AvgIpc) is 3.01. The third-order valence-electron chi connectivity index (χ3n) is 9.76. The summed E-state index contributed by atoms with van der Waals surface area (Å²) in [7, 11) is -7.44. The number of phenolic OH excluding ortho intramolecular Hbond substituents is 2. The zero-order valence-electron chi connectivity index (χ0n) is 33.7. The molecular weight excluding hydrogens is 694 g/mol. The highest BCUT2D eigenvalue weighted by atomic mass is 31.2. The van der Waals surface area contributed by atoms with Crippen molar-refractivity contribution in [2.75, 3.05) is 19.8 Å². The molecule has 8 nitrogen and oxygen atoms in total. The topological polar surface area (TPSA) is 112 Å². The van der Waals surface area contributed by atoms with Crippen LogP contribution in [0, 0.1) is 5.41 Å². The van der Waals surface area contributed by atoms with E-state index < -0.39 is 20.6 Å². The van der Waals surface area contributed by atoms with E-state index in [9.17, 15) is 19.3 Å². The number of para-hydroxylation sites is 1. The smallest absolute Gasteiger partial charge is 0.383 e. The Balaban J connectivity index is 1.61. The number of benzene rings is 3. The maximum Gasteiger partial charge on any atom is 0.383 e. The van der Waals surface area contributed by atoms with Gasteiger partial charge in [0.1, 0.15) is 17.2 Å². The van der Waals surface area contributed by atoms with Gasteiger partial charge in [-0.3, -0.25) is 9.09 Å². The molecule has 0 amide bonds. The molecule has 3 aromatic carbocycles. The standard InChI is InChI=1S/C42H62O8P2/c1-14-42(26-47-51(45,48-27-42)24-29-20-32(38(2,3)4)36(43)33(21-29)39(5,6)7)28-49-52(46,50-31-18-16-15-17-19-31)25-30-22-34(40(8,9)10)37(44)35(23-30)41(11,12)13/h15-23,43-44H,14,24-28H2,1-13H3. The molecule has 2 N–H and O–H groups in total. The van der Waals surface area contributed by atoms with Crippen molar-refractivity contribution in [2.45, 2.75) is 130 Å². The lowest BCUT2D eigenvalue weighted by Gasteiger charge is -2.39. The van der Waals surface area contributed by atoms with Gasteiger partial charge in [0.05, 0.1) is 32.1 Å². The van der Waals surface area contributed by atoms with Crippen LogP contribution in [-0.2, 0) is 56.7 Å². The van der Waals surface area contributed by atoms with Crippen LogP contribution in [0.3, 0.4) is 0 Å². The van der Waals surface area contributed by atoms with E-state index in [2.05, 4.69) is 0 Å². The molecule has 0 aromatic heterocycles. The summed E-state index contributed by atoms with van der Waals surface area (Å²) in [6.07, 6.45) is 0.589. The molecule has 1 heterocycles. The Labute approximate surface area is 312 Å². The summed E-state index contributed by atoms with van der Waals surface area (Å²) in [5.74, 6) is 0.917. The second kappa shape index (κ2) is 14.9. The first-order chi connectivity index (χ1) is 23.7. The maximum atomic E-state index is 14.8.